The Morgan fingerprint density at radius 3 is 2.50 bits per heavy atom. The second kappa shape index (κ2) is 7.04. The summed E-state index contributed by atoms with van der Waals surface area (Å²) in [5, 5.41) is 2.64. The average molecular weight is 367 g/mol. The first-order valence-electron chi connectivity index (χ1n) is 6.23. The fraction of sp³-hybridized carbons (Fsp3) is 0.0667. The number of ether oxygens (including phenoxy) is 1. The van der Waals surface area contributed by atoms with Crippen molar-refractivity contribution in [2.24, 2.45) is 5.73 Å². The van der Waals surface area contributed by atoms with Crippen LogP contribution < -0.4 is 15.8 Å². The maximum Gasteiger partial charge on any atom is 0.256 e. The van der Waals surface area contributed by atoms with Crippen LogP contribution in [0, 0.1) is 5.82 Å². The summed E-state index contributed by atoms with van der Waals surface area (Å²) in [6, 6.07) is 10.2. The van der Waals surface area contributed by atoms with E-state index in [1.165, 1.54) is 12.1 Å². The molecule has 0 spiro atoms. The first-order valence-corrected chi connectivity index (χ1v) is 7.02. The molecule has 0 bridgehead atoms. The number of nitrogens with one attached hydrogen (secondary N) is 1. The molecule has 0 fully saturated rings. The van der Waals surface area contributed by atoms with E-state index in [2.05, 4.69) is 21.2 Å². The summed E-state index contributed by atoms with van der Waals surface area (Å²) >= 11 is 3.20. The van der Waals surface area contributed by atoms with E-state index in [9.17, 15) is 14.0 Å². The van der Waals surface area contributed by atoms with Gasteiger partial charge in [-0.15, -0.1) is 0 Å². The van der Waals surface area contributed by atoms with Gasteiger partial charge >= 0.3 is 0 Å². The van der Waals surface area contributed by atoms with Gasteiger partial charge in [0.25, 0.3) is 11.8 Å². The predicted molar refractivity (Wildman–Crippen MR) is 83.2 cm³/mol. The Kier molecular flexibility index (Phi) is 5.11. The van der Waals surface area contributed by atoms with Crippen molar-refractivity contribution >= 4 is 33.4 Å². The lowest BCUT2D eigenvalue weighted by molar-refractivity contribution is -0.119. The third-order valence-corrected chi connectivity index (χ3v) is 3.36. The van der Waals surface area contributed by atoms with Crippen molar-refractivity contribution in [2.75, 3.05) is 11.9 Å². The second-order valence-electron chi connectivity index (χ2n) is 4.36. The minimum Gasteiger partial charge on any atom is -0.484 e. The fourth-order valence-electron chi connectivity index (χ4n) is 1.66. The minimum absolute atomic E-state index is 0.189. The molecule has 0 aliphatic heterocycles. The van der Waals surface area contributed by atoms with Crippen LogP contribution in [0.4, 0.5) is 10.1 Å². The number of amides is 2. The summed E-state index contributed by atoms with van der Waals surface area (Å²) in [6.45, 7) is -0.220. The molecule has 0 aromatic heterocycles. The number of hydrogen-bond donors (Lipinski definition) is 2. The molecular formula is C15H12BrFN2O3. The van der Waals surface area contributed by atoms with Crippen molar-refractivity contribution in [3.05, 3.63) is 58.3 Å². The molecule has 0 unspecified atom stereocenters. The zero-order valence-electron chi connectivity index (χ0n) is 11.3. The first kappa shape index (κ1) is 16.0. The van der Waals surface area contributed by atoms with Crippen LogP contribution in [-0.4, -0.2) is 18.4 Å². The Morgan fingerprint density at radius 2 is 1.86 bits per heavy atom. The maximum absolute atomic E-state index is 13.2. The highest BCUT2D eigenvalue weighted by Crippen LogP contribution is 2.21. The molecule has 7 heteroatoms. The van der Waals surface area contributed by atoms with E-state index in [1.807, 2.05) is 0 Å². The van der Waals surface area contributed by atoms with Gasteiger partial charge in [0.2, 0.25) is 0 Å². The van der Waals surface area contributed by atoms with E-state index in [0.29, 0.717) is 15.9 Å². The van der Waals surface area contributed by atoms with Crippen molar-refractivity contribution in [2.45, 2.75) is 0 Å². The number of benzene rings is 2. The molecule has 0 aliphatic rings. The highest BCUT2D eigenvalue weighted by molar-refractivity contribution is 9.10. The van der Waals surface area contributed by atoms with E-state index in [1.54, 1.807) is 24.3 Å². The molecule has 2 aromatic rings. The van der Waals surface area contributed by atoms with Gasteiger partial charge < -0.3 is 15.8 Å². The van der Waals surface area contributed by atoms with Crippen LogP contribution in [-0.2, 0) is 4.79 Å². The van der Waals surface area contributed by atoms with Crippen LogP contribution >= 0.6 is 15.9 Å². The van der Waals surface area contributed by atoms with Crippen LogP contribution in [0.2, 0.25) is 0 Å². The van der Waals surface area contributed by atoms with Gasteiger partial charge in [-0.3, -0.25) is 9.59 Å². The summed E-state index contributed by atoms with van der Waals surface area (Å²) in [7, 11) is 0. The lowest BCUT2D eigenvalue weighted by Gasteiger charge is -2.08. The van der Waals surface area contributed by atoms with Crippen molar-refractivity contribution in [1.29, 1.82) is 0 Å². The van der Waals surface area contributed by atoms with Crippen LogP contribution in [0.15, 0.2) is 46.9 Å². The third kappa shape index (κ3) is 4.29. The van der Waals surface area contributed by atoms with Gasteiger partial charge in [-0.1, -0.05) is 0 Å². The fourth-order valence-corrected chi connectivity index (χ4v) is 2.09. The molecule has 0 aliphatic carbocycles. The van der Waals surface area contributed by atoms with E-state index in [4.69, 9.17) is 10.5 Å². The quantitative estimate of drug-likeness (QED) is 0.853. The molecule has 0 atom stereocenters. The standard InChI is InChI=1S/C15H12BrFN2O3/c16-13-6-1-9(17)7-12(13)15(21)19-10-2-4-11(5-3-10)22-8-14(18)20/h1-7H,8H2,(H2,18,20)(H,19,21). The minimum atomic E-state index is -0.576. The van der Waals surface area contributed by atoms with E-state index in [0.717, 1.165) is 6.07 Å². The highest BCUT2D eigenvalue weighted by atomic mass is 79.9. The Hall–Kier alpha value is -2.41. The summed E-state index contributed by atoms with van der Waals surface area (Å²) in [5.74, 6) is -1.07. The Labute approximate surface area is 134 Å². The van der Waals surface area contributed by atoms with Gasteiger partial charge in [0.1, 0.15) is 11.6 Å². The molecule has 0 heterocycles. The molecule has 2 amide bonds. The molecule has 5 nitrogen and oxygen atoms in total. The third-order valence-electron chi connectivity index (χ3n) is 2.67. The van der Waals surface area contributed by atoms with Crippen LogP contribution in [0.25, 0.3) is 0 Å². The zero-order chi connectivity index (χ0) is 16.1. The number of rotatable bonds is 5. The topological polar surface area (TPSA) is 81.4 Å². The number of hydrogen-bond acceptors (Lipinski definition) is 3. The average Bonchev–Trinajstić information content (AvgIpc) is 2.49. The molecule has 0 radical (unpaired) electrons. The maximum atomic E-state index is 13.2. The molecule has 2 aromatic carbocycles. The molecule has 2 rings (SSSR count). The second-order valence-corrected chi connectivity index (χ2v) is 5.21. The van der Waals surface area contributed by atoms with Crippen molar-refractivity contribution in [3.8, 4) is 5.75 Å². The van der Waals surface area contributed by atoms with Gasteiger partial charge in [0.05, 0.1) is 5.56 Å². The normalized spacial score (nSPS) is 10.1. The van der Waals surface area contributed by atoms with Crippen molar-refractivity contribution in [1.82, 2.24) is 0 Å². The van der Waals surface area contributed by atoms with E-state index < -0.39 is 17.6 Å². The van der Waals surface area contributed by atoms with Gasteiger partial charge in [-0.05, 0) is 58.4 Å². The van der Waals surface area contributed by atoms with Gasteiger partial charge in [0.15, 0.2) is 6.61 Å². The number of carbonyl (C=O) groups is 2. The summed E-state index contributed by atoms with van der Waals surface area (Å²) in [4.78, 5) is 22.7. The largest absolute Gasteiger partial charge is 0.484 e. The monoisotopic (exact) mass is 366 g/mol. The summed E-state index contributed by atoms with van der Waals surface area (Å²) in [5.41, 5.74) is 5.67. The first-order chi connectivity index (χ1) is 10.5. The zero-order valence-corrected chi connectivity index (χ0v) is 12.9. The van der Waals surface area contributed by atoms with Crippen molar-refractivity contribution < 1.29 is 18.7 Å². The van der Waals surface area contributed by atoms with Gasteiger partial charge in [-0.25, -0.2) is 4.39 Å². The van der Waals surface area contributed by atoms with Crippen LogP contribution in [0.5, 0.6) is 5.75 Å². The summed E-state index contributed by atoms with van der Waals surface area (Å²) in [6.07, 6.45) is 0. The molecule has 3 N–H and O–H groups in total. The van der Waals surface area contributed by atoms with Gasteiger partial charge in [0, 0.05) is 10.2 Å². The molecule has 114 valence electrons. The molecular weight excluding hydrogens is 355 g/mol. The highest BCUT2D eigenvalue weighted by Gasteiger charge is 2.11. The molecule has 22 heavy (non-hydrogen) atoms. The molecule has 0 saturated heterocycles. The van der Waals surface area contributed by atoms with Crippen LogP contribution in [0.1, 0.15) is 10.4 Å². The lowest BCUT2D eigenvalue weighted by atomic mass is 10.2. The number of anilines is 1. The molecule has 0 saturated carbocycles. The number of primary amides is 1. The lowest BCUT2D eigenvalue weighted by Crippen LogP contribution is -2.20. The smallest absolute Gasteiger partial charge is 0.256 e. The SMILES string of the molecule is NC(=O)COc1ccc(NC(=O)c2cc(F)ccc2Br)cc1. The van der Waals surface area contributed by atoms with Gasteiger partial charge in [-0.2, -0.15) is 0 Å². The Bertz CT molecular complexity index is 704. The number of halogens is 2. The Balaban J connectivity index is 2.05. The van der Waals surface area contributed by atoms with Crippen molar-refractivity contribution in [3.63, 3.8) is 0 Å². The predicted octanol–water partition coefficient (Wildman–Crippen LogP) is 2.70. The van der Waals surface area contributed by atoms with E-state index in [-0.39, 0.29) is 12.2 Å². The number of carbonyl (C=O) groups excluding carboxylic acids is 2. The number of nitrogens with two attached hydrogens (primary N) is 1. The summed E-state index contributed by atoms with van der Waals surface area (Å²) < 4.78 is 18.8. The van der Waals surface area contributed by atoms with E-state index >= 15 is 0 Å². The Morgan fingerprint density at radius 1 is 1.18 bits per heavy atom. The van der Waals surface area contributed by atoms with Crippen LogP contribution in [0.3, 0.4) is 0 Å².